The molecule has 1 aliphatic carbocycles. The van der Waals surface area contributed by atoms with Crippen LogP contribution in [0, 0.1) is 5.92 Å². The molecule has 0 aliphatic heterocycles. The van der Waals surface area contributed by atoms with E-state index in [9.17, 15) is 4.79 Å². The molecule has 0 spiro atoms. The predicted molar refractivity (Wildman–Crippen MR) is 62.3 cm³/mol. The molecule has 2 rings (SSSR count). The van der Waals surface area contributed by atoms with Crippen molar-refractivity contribution in [1.82, 2.24) is 10.3 Å². The standard InChI is InChI=1S/C9H13N3OS.ClH/c1-5-2-6(5)12-9(13)7-4-14-8(3-10)11-7;/h4-6H,2-3,10H2,1H3,(H,12,13);1H. The lowest BCUT2D eigenvalue weighted by Crippen LogP contribution is -2.26. The van der Waals surface area contributed by atoms with Crippen molar-refractivity contribution in [3.05, 3.63) is 16.1 Å². The first kappa shape index (κ1) is 12.4. The van der Waals surface area contributed by atoms with E-state index in [2.05, 4.69) is 17.2 Å². The first-order valence-corrected chi connectivity index (χ1v) is 5.54. The summed E-state index contributed by atoms with van der Waals surface area (Å²) in [7, 11) is 0. The van der Waals surface area contributed by atoms with Crippen molar-refractivity contribution in [3.8, 4) is 0 Å². The summed E-state index contributed by atoms with van der Waals surface area (Å²) in [5, 5.41) is 5.48. The molecular formula is C9H14ClN3OS. The first-order valence-electron chi connectivity index (χ1n) is 4.66. The van der Waals surface area contributed by atoms with Crippen LogP contribution < -0.4 is 11.1 Å². The average molecular weight is 248 g/mol. The highest BCUT2D eigenvalue weighted by Crippen LogP contribution is 2.29. The topological polar surface area (TPSA) is 68.0 Å². The van der Waals surface area contributed by atoms with E-state index in [1.54, 1.807) is 5.38 Å². The van der Waals surface area contributed by atoms with Crippen LogP contribution in [-0.4, -0.2) is 16.9 Å². The number of rotatable bonds is 3. The molecule has 1 aromatic heterocycles. The Hall–Kier alpha value is -0.650. The monoisotopic (exact) mass is 247 g/mol. The Bertz CT molecular complexity index is 355. The van der Waals surface area contributed by atoms with E-state index >= 15 is 0 Å². The van der Waals surface area contributed by atoms with E-state index in [1.807, 2.05) is 0 Å². The fourth-order valence-electron chi connectivity index (χ4n) is 1.27. The lowest BCUT2D eigenvalue weighted by atomic mass is 10.4. The quantitative estimate of drug-likeness (QED) is 0.842. The Balaban J connectivity index is 0.00000112. The maximum Gasteiger partial charge on any atom is 0.270 e. The van der Waals surface area contributed by atoms with Crippen LogP contribution in [0.15, 0.2) is 5.38 Å². The van der Waals surface area contributed by atoms with E-state index in [1.165, 1.54) is 11.3 Å². The third-order valence-electron chi connectivity index (χ3n) is 2.38. The number of nitrogens with zero attached hydrogens (tertiary/aromatic N) is 1. The van der Waals surface area contributed by atoms with Crippen molar-refractivity contribution >= 4 is 29.7 Å². The number of aromatic nitrogens is 1. The number of hydrogen-bond acceptors (Lipinski definition) is 4. The van der Waals surface area contributed by atoms with Crippen LogP contribution >= 0.6 is 23.7 Å². The van der Waals surface area contributed by atoms with Crippen molar-refractivity contribution in [2.75, 3.05) is 0 Å². The summed E-state index contributed by atoms with van der Waals surface area (Å²) in [5.74, 6) is 0.543. The summed E-state index contributed by atoms with van der Waals surface area (Å²) in [5.41, 5.74) is 5.91. The molecule has 0 radical (unpaired) electrons. The third kappa shape index (κ3) is 2.90. The van der Waals surface area contributed by atoms with Crippen LogP contribution in [0.4, 0.5) is 0 Å². The molecule has 4 nitrogen and oxygen atoms in total. The Kier molecular flexibility index (Phi) is 4.07. The Morgan fingerprint density at radius 2 is 2.47 bits per heavy atom. The minimum atomic E-state index is -0.0738. The van der Waals surface area contributed by atoms with Gasteiger partial charge >= 0.3 is 0 Å². The van der Waals surface area contributed by atoms with Gasteiger partial charge in [0.25, 0.3) is 5.91 Å². The number of nitrogens with one attached hydrogen (secondary N) is 1. The fourth-order valence-corrected chi connectivity index (χ4v) is 1.93. The second-order valence-corrected chi connectivity index (χ2v) is 4.57. The van der Waals surface area contributed by atoms with Gasteiger partial charge in [0.05, 0.1) is 0 Å². The maximum absolute atomic E-state index is 11.6. The molecule has 1 amide bonds. The Morgan fingerprint density at radius 1 is 1.80 bits per heavy atom. The van der Waals surface area contributed by atoms with E-state index in [0.29, 0.717) is 24.2 Å². The molecule has 2 unspecified atom stereocenters. The van der Waals surface area contributed by atoms with Crippen LogP contribution in [0.1, 0.15) is 28.8 Å². The molecule has 1 saturated carbocycles. The minimum absolute atomic E-state index is 0. The average Bonchev–Trinajstić information content (AvgIpc) is 2.72. The van der Waals surface area contributed by atoms with Crippen molar-refractivity contribution in [1.29, 1.82) is 0 Å². The number of hydrogen-bond donors (Lipinski definition) is 2. The molecule has 1 aromatic rings. The van der Waals surface area contributed by atoms with Gasteiger partial charge in [-0.1, -0.05) is 6.92 Å². The van der Waals surface area contributed by atoms with Crippen LogP contribution in [0.5, 0.6) is 0 Å². The lowest BCUT2D eigenvalue weighted by molar-refractivity contribution is 0.0945. The lowest BCUT2D eigenvalue weighted by Gasteiger charge is -1.99. The molecule has 1 aliphatic rings. The second-order valence-electron chi connectivity index (χ2n) is 3.62. The zero-order chi connectivity index (χ0) is 10.1. The van der Waals surface area contributed by atoms with Gasteiger partial charge in [-0.15, -0.1) is 23.7 Å². The molecule has 84 valence electrons. The number of carbonyl (C=O) groups is 1. The van der Waals surface area contributed by atoms with Gasteiger partial charge in [-0.2, -0.15) is 0 Å². The zero-order valence-corrected chi connectivity index (χ0v) is 10.0. The van der Waals surface area contributed by atoms with Crippen molar-refractivity contribution in [2.45, 2.75) is 25.9 Å². The molecule has 1 heterocycles. The molecule has 0 bridgehead atoms. The highest BCUT2D eigenvalue weighted by molar-refractivity contribution is 7.09. The Labute approximate surface area is 98.7 Å². The van der Waals surface area contributed by atoms with Crippen molar-refractivity contribution in [3.63, 3.8) is 0 Å². The Morgan fingerprint density at radius 3 is 2.93 bits per heavy atom. The highest BCUT2D eigenvalue weighted by atomic mass is 35.5. The normalized spacial score (nSPS) is 23.1. The molecule has 3 N–H and O–H groups in total. The summed E-state index contributed by atoms with van der Waals surface area (Å²) in [6.45, 7) is 2.52. The predicted octanol–water partition coefficient (Wildman–Crippen LogP) is 1.16. The van der Waals surface area contributed by atoms with Crippen molar-refractivity contribution < 1.29 is 4.79 Å². The largest absolute Gasteiger partial charge is 0.348 e. The van der Waals surface area contributed by atoms with E-state index in [0.717, 1.165) is 11.4 Å². The highest BCUT2D eigenvalue weighted by Gasteiger charge is 2.34. The van der Waals surface area contributed by atoms with Crippen molar-refractivity contribution in [2.24, 2.45) is 11.7 Å². The zero-order valence-electron chi connectivity index (χ0n) is 8.40. The summed E-state index contributed by atoms with van der Waals surface area (Å²) >= 11 is 1.43. The molecule has 6 heteroatoms. The number of carbonyl (C=O) groups excluding carboxylic acids is 1. The molecular weight excluding hydrogens is 234 g/mol. The van der Waals surface area contributed by atoms with Gasteiger partial charge in [0.15, 0.2) is 0 Å². The van der Waals surface area contributed by atoms with Gasteiger partial charge in [0, 0.05) is 18.0 Å². The number of thiazole rings is 1. The van der Waals surface area contributed by atoms with E-state index in [-0.39, 0.29) is 18.3 Å². The summed E-state index contributed by atoms with van der Waals surface area (Å²) in [6, 6.07) is 0.352. The number of amides is 1. The second kappa shape index (κ2) is 4.92. The SMILES string of the molecule is CC1CC1NC(=O)c1csc(CN)n1.Cl. The number of nitrogens with two attached hydrogens (primary N) is 1. The molecule has 2 atom stereocenters. The van der Waals surface area contributed by atoms with Crippen LogP contribution in [0.25, 0.3) is 0 Å². The fraction of sp³-hybridized carbons (Fsp3) is 0.556. The number of halogens is 1. The van der Waals surface area contributed by atoms with Gasteiger partial charge in [0.1, 0.15) is 10.7 Å². The van der Waals surface area contributed by atoms with Gasteiger partial charge < -0.3 is 11.1 Å². The maximum atomic E-state index is 11.6. The van der Waals surface area contributed by atoms with Crippen LogP contribution in [-0.2, 0) is 6.54 Å². The molecule has 0 aromatic carbocycles. The van der Waals surface area contributed by atoms with Crippen LogP contribution in [0.3, 0.4) is 0 Å². The van der Waals surface area contributed by atoms with Crippen LogP contribution in [0.2, 0.25) is 0 Å². The molecule has 1 fully saturated rings. The van der Waals surface area contributed by atoms with Gasteiger partial charge in [0.2, 0.25) is 0 Å². The summed E-state index contributed by atoms with van der Waals surface area (Å²) in [4.78, 5) is 15.7. The van der Waals surface area contributed by atoms with Gasteiger partial charge in [-0.25, -0.2) is 4.98 Å². The minimum Gasteiger partial charge on any atom is -0.348 e. The molecule has 0 saturated heterocycles. The van der Waals surface area contributed by atoms with Gasteiger partial charge in [-0.05, 0) is 12.3 Å². The van der Waals surface area contributed by atoms with Gasteiger partial charge in [-0.3, -0.25) is 4.79 Å². The summed E-state index contributed by atoms with van der Waals surface area (Å²) < 4.78 is 0. The first-order chi connectivity index (χ1) is 6.70. The smallest absolute Gasteiger partial charge is 0.270 e. The summed E-state index contributed by atoms with van der Waals surface area (Å²) in [6.07, 6.45) is 1.08. The molecule has 15 heavy (non-hydrogen) atoms. The van der Waals surface area contributed by atoms with E-state index < -0.39 is 0 Å². The third-order valence-corrected chi connectivity index (χ3v) is 3.26. The van der Waals surface area contributed by atoms with E-state index in [4.69, 9.17) is 5.73 Å².